The van der Waals surface area contributed by atoms with Crippen LogP contribution >= 0.6 is 11.6 Å². The Labute approximate surface area is 133 Å². The molecule has 1 saturated carbocycles. The average Bonchev–Trinajstić information content (AvgIpc) is 3.00. The summed E-state index contributed by atoms with van der Waals surface area (Å²) in [5, 5.41) is 25.2. The lowest BCUT2D eigenvalue weighted by molar-refractivity contribution is -0.116. The normalized spacial score (nSPS) is 15.9. The second-order valence-electron chi connectivity index (χ2n) is 5.07. The summed E-state index contributed by atoms with van der Waals surface area (Å²) in [6.07, 6.45) is 4.30. The summed E-state index contributed by atoms with van der Waals surface area (Å²) in [6.45, 7) is 0. The number of anilines is 1. The largest absolute Gasteiger partial charge is 0.506 e. The van der Waals surface area contributed by atoms with Crippen LogP contribution in [0.3, 0.4) is 0 Å². The summed E-state index contributed by atoms with van der Waals surface area (Å²) in [6, 6.07) is 5.02. The van der Waals surface area contributed by atoms with E-state index in [0.717, 1.165) is 25.7 Å². The number of carbonyl (C=O) groups excluding carboxylic acids is 1. The molecule has 1 aromatic rings. The molecule has 0 saturated heterocycles. The molecule has 0 unspecified atom stereocenters. The third-order valence-corrected chi connectivity index (χ3v) is 3.83. The zero-order valence-corrected chi connectivity index (χ0v) is 12.9. The third-order valence-electron chi connectivity index (χ3n) is 3.62. The average molecular weight is 321 g/mol. The summed E-state index contributed by atoms with van der Waals surface area (Å²) < 4.78 is 0. The van der Waals surface area contributed by atoms with Crippen LogP contribution in [0.25, 0.3) is 5.76 Å². The molecule has 0 spiro atoms. The van der Waals surface area contributed by atoms with E-state index in [0.29, 0.717) is 5.82 Å². The number of hydrogen-bond donors (Lipinski definition) is 3. The van der Waals surface area contributed by atoms with Crippen molar-refractivity contribution in [3.05, 3.63) is 28.4 Å². The van der Waals surface area contributed by atoms with Crippen LogP contribution in [0.15, 0.2) is 17.7 Å². The molecule has 7 heteroatoms. The predicted molar refractivity (Wildman–Crippen MR) is 84.4 cm³/mol. The molecular weight excluding hydrogens is 304 g/mol. The van der Waals surface area contributed by atoms with E-state index in [1.54, 1.807) is 12.1 Å². The Morgan fingerprint density at radius 1 is 1.45 bits per heavy atom. The number of aliphatic hydroxyl groups is 1. The van der Waals surface area contributed by atoms with Gasteiger partial charge in [-0.1, -0.05) is 24.4 Å². The summed E-state index contributed by atoms with van der Waals surface area (Å²) in [7, 11) is 1.39. The first-order valence-electron chi connectivity index (χ1n) is 7.05. The van der Waals surface area contributed by atoms with Gasteiger partial charge >= 0.3 is 0 Å². The fourth-order valence-corrected chi connectivity index (χ4v) is 2.62. The standard InChI is InChI=1S/C15H17ClN4O2/c1-18-15(22)11(8-17)13(21)10-6-7-12(16)20-14(10)19-9-4-2-3-5-9/h6-7,9,21H,2-5H2,1H3,(H,18,22)(H,19,20)/b13-11-. The lowest BCUT2D eigenvalue weighted by atomic mass is 10.1. The number of likely N-dealkylation sites (N-methyl/N-ethyl adjacent to an activating group) is 1. The van der Waals surface area contributed by atoms with Crippen LogP contribution < -0.4 is 10.6 Å². The van der Waals surface area contributed by atoms with Crippen molar-refractivity contribution in [2.75, 3.05) is 12.4 Å². The highest BCUT2D eigenvalue weighted by Gasteiger charge is 2.21. The highest BCUT2D eigenvalue weighted by molar-refractivity contribution is 6.29. The molecule has 1 fully saturated rings. The number of nitrogens with one attached hydrogen (secondary N) is 2. The molecule has 0 bridgehead atoms. The van der Waals surface area contributed by atoms with Gasteiger partial charge in [-0.15, -0.1) is 0 Å². The SMILES string of the molecule is CNC(=O)/C(C#N)=C(\O)c1ccc(Cl)nc1NC1CCCC1. The summed E-state index contributed by atoms with van der Waals surface area (Å²) in [4.78, 5) is 15.8. The predicted octanol–water partition coefficient (Wildman–Crippen LogP) is 2.63. The van der Waals surface area contributed by atoms with E-state index in [9.17, 15) is 9.90 Å². The molecule has 6 nitrogen and oxygen atoms in total. The Balaban J connectivity index is 2.43. The first-order chi connectivity index (χ1) is 10.6. The van der Waals surface area contributed by atoms with Gasteiger partial charge in [0.05, 0.1) is 5.56 Å². The number of rotatable bonds is 4. The quantitative estimate of drug-likeness (QED) is 0.343. The van der Waals surface area contributed by atoms with Crippen LogP contribution in [0.5, 0.6) is 0 Å². The van der Waals surface area contributed by atoms with E-state index in [-0.39, 0.29) is 22.3 Å². The molecule has 3 N–H and O–H groups in total. The molecule has 1 aliphatic rings. The Bertz CT molecular complexity index is 645. The number of halogens is 1. The van der Waals surface area contributed by atoms with Gasteiger partial charge in [0.25, 0.3) is 5.91 Å². The van der Waals surface area contributed by atoms with Crippen molar-refractivity contribution in [1.82, 2.24) is 10.3 Å². The minimum Gasteiger partial charge on any atom is -0.506 e. The van der Waals surface area contributed by atoms with Gasteiger partial charge in [0, 0.05) is 13.1 Å². The van der Waals surface area contributed by atoms with E-state index in [1.165, 1.54) is 13.1 Å². The second-order valence-corrected chi connectivity index (χ2v) is 5.46. The monoisotopic (exact) mass is 320 g/mol. The zero-order valence-electron chi connectivity index (χ0n) is 12.2. The minimum atomic E-state index is -0.651. The molecule has 0 aliphatic heterocycles. The number of aromatic nitrogens is 1. The van der Waals surface area contributed by atoms with Gasteiger partial charge in [-0.3, -0.25) is 4.79 Å². The van der Waals surface area contributed by atoms with Crippen molar-refractivity contribution in [2.45, 2.75) is 31.7 Å². The summed E-state index contributed by atoms with van der Waals surface area (Å²) in [5.74, 6) is -0.679. The van der Waals surface area contributed by atoms with Crippen LogP contribution in [0.4, 0.5) is 5.82 Å². The van der Waals surface area contributed by atoms with Gasteiger partial charge in [0.15, 0.2) is 5.57 Å². The first-order valence-corrected chi connectivity index (χ1v) is 7.43. The number of hydrogen-bond acceptors (Lipinski definition) is 5. The Hall–Kier alpha value is -2.26. The lowest BCUT2D eigenvalue weighted by Gasteiger charge is -2.16. The van der Waals surface area contributed by atoms with Crippen LogP contribution in [0.2, 0.25) is 5.15 Å². The molecule has 1 amide bonds. The van der Waals surface area contributed by atoms with E-state index >= 15 is 0 Å². The minimum absolute atomic E-state index is 0.253. The molecule has 2 rings (SSSR count). The molecule has 116 valence electrons. The number of nitriles is 1. The molecular formula is C15H17ClN4O2. The van der Waals surface area contributed by atoms with Gasteiger partial charge < -0.3 is 15.7 Å². The maximum absolute atomic E-state index is 11.7. The van der Waals surface area contributed by atoms with Crippen LogP contribution in [0.1, 0.15) is 31.2 Å². The molecule has 1 aliphatic carbocycles. The number of aliphatic hydroxyl groups excluding tert-OH is 1. The maximum atomic E-state index is 11.7. The van der Waals surface area contributed by atoms with Crippen molar-refractivity contribution in [3.8, 4) is 6.07 Å². The van der Waals surface area contributed by atoms with Crippen molar-refractivity contribution < 1.29 is 9.90 Å². The van der Waals surface area contributed by atoms with Gasteiger partial charge in [-0.2, -0.15) is 5.26 Å². The van der Waals surface area contributed by atoms with E-state index in [4.69, 9.17) is 16.9 Å². The van der Waals surface area contributed by atoms with Crippen molar-refractivity contribution >= 4 is 29.1 Å². The number of carbonyl (C=O) groups is 1. The molecule has 1 heterocycles. The van der Waals surface area contributed by atoms with Crippen LogP contribution in [0, 0.1) is 11.3 Å². The Kier molecular flexibility index (Phi) is 5.23. The topological polar surface area (TPSA) is 98.0 Å². The molecule has 1 aromatic heterocycles. The van der Waals surface area contributed by atoms with E-state index in [2.05, 4.69) is 15.6 Å². The van der Waals surface area contributed by atoms with E-state index < -0.39 is 11.7 Å². The number of pyridine rings is 1. The molecule has 22 heavy (non-hydrogen) atoms. The van der Waals surface area contributed by atoms with Gasteiger partial charge in [0.2, 0.25) is 0 Å². The summed E-state index contributed by atoms with van der Waals surface area (Å²) in [5.41, 5.74) is -0.0717. The van der Waals surface area contributed by atoms with Crippen molar-refractivity contribution in [1.29, 1.82) is 5.26 Å². The molecule has 0 atom stereocenters. The van der Waals surface area contributed by atoms with Crippen LogP contribution in [-0.4, -0.2) is 29.1 Å². The fourth-order valence-electron chi connectivity index (χ4n) is 2.47. The number of amides is 1. The first kappa shape index (κ1) is 16.1. The van der Waals surface area contributed by atoms with E-state index in [1.807, 2.05) is 0 Å². The zero-order chi connectivity index (χ0) is 16.1. The van der Waals surface area contributed by atoms with Gasteiger partial charge in [0.1, 0.15) is 22.8 Å². The van der Waals surface area contributed by atoms with Gasteiger partial charge in [-0.05, 0) is 25.0 Å². The van der Waals surface area contributed by atoms with Crippen molar-refractivity contribution in [3.63, 3.8) is 0 Å². The van der Waals surface area contributed by atoms with Crippen LogP contribution in [-0.2, 0) is 4.79 Å². The fraction of sp³-hybridized carbons (Fsp3) is 0.400. The summed E-state index contributed by atoms with van der Waals surface area (Å²) >= 11 is 5.92. The van der Waals surface area contributed by atoms with Crippen molar-refractivity contribution in [2.24, 2.45) is 0 Å². The molecule has 0 aromatic carbocycles. The maximum Gasteiger partial charge on any atom is 0.265 e. The Morgan fingerprint density at radius 2 is 2.14 bits per heavy atom. The number of nitrogens with zero attached hydrogens (tertiary/aromatic N) is 2. The third kappa shape index (κ3) is 3.49. The Morgan fingerprint density at radius 3 is 2.73 bits per heavy atom. The second kappa shape index (κ2) is 7.14. The smallest absolute Gasteiger partial charge is 0.265 e. The van der Waals surface area contributed by atoms with Gasteiger partial charge in [-0.25, -0.2) is 4.98 Å². The highest BCUT2D eigenvalue weighted by atomic mass is 35.5. The highest BCUT2D eigenvalue weighted by Crippen LogP contribution is 2.28. The lowest BCUT2D eigenvalue weighted by Crippen LogP contribution is -2.21. The molecule has 0 radical (unpaired) electrons.